The van der Waals surface area contributed by atoms with Crippen LogP contribution < -0.4 is 14.4 Å². The lowest BCUT2D eigenvalue weighted by Gasteiger charge is -2.28. The standard InChI is InChI=1S/C33H34N2O5S/c1-23(35(41(5,38)39)28-18-20-30(21-19-28)40-29-12-7-6-8-13-29)32(37)34-27-11-9-10-25(22-27)31(36)24-14-16-26(17-15-24)33(2,3)4/h6-23H,1-5H3,(H,34,37)/t23-/m0/s1. The number of hydrogen-bond donors (Lipinski definition) is 1. The highest BCUT2D eigenvalue weighted by Gasteiger charge is 2.29. The van der Waals surface area contributed by atoms with Gasteiger partial charge in [-0.25, -0.2) is 8.42 Å². The number of anilines is 2. The zero-order chi connectivity index (χ0) is 29.8. The summed E-state index contributed by atoms with van der Waals surface area (Å²) in [6.45, 7) is 7.84. The van der Waals surface area contributed by atoms with Gasteiger partial charge in [-0.3, -0.25) is 13.9 Å². The van der Waals surface area contributed by atoms with Crippen LogP contribution in [0.2, 0.25) is 0 Å². The van der Waals surface area contributed by atoms with Gasteiger partial charge in [0, 0.05) is 16.8 Å². The molecule has 1 atom stereocenters. The number of carbonyl (C=O) groups is 2. The van der Waals surface area contributed by atoms with Crippen LogP contribution in [0.4, 0.5) is 11.4 Å². The zero-order valence-corrected chi connectivity index (χ0v) is 24.6. The largest absolute Gasteiger partial charge is 0.457 e. The van der Waals surface area contributed by atoms with Crippen molar-refractivity contribution in [2.75, 3.05) is 15.9 Å². The van der Waals surface area contributed by atoms with Crippen LogP contribution in [-0.4, -0.2) is 32.4 Å². The molecule has 4 aromatic rings. The molecule has 4 rings (SSSR count). The van der Waals surface area contributed by atoms with E-state index in [1.54, 1.807) is 60.7 Å². The van der Waals surface area contributed by atoms with E-state index in [4.69, 9.17) is 4.74 Å². The minimum atomic E-state index is -3.82. The highest BCUT2D eigenvalue weighted by Crippen LogP contribution is 2.28. The molecule has 0 saturated heterocycles. The second-order valence-electron chi connectivity index (χ2n) is 10.9. The molecule has 0 unspecified atom stereocenters. The summed E-state index contributed by atoms with van der Waals surface area (Å²) < 4.78 is 32.4. The average Bonchev–Trinajstić information content (AvgIpc) is 2.93. The Bertz CT molecular complexity index is 1630. The van der Waals surface area contributed by atoms with Crippen LogP contribution in [0.1, 0.15) is 49.2 Å². The van der Waals surface area contributed by atoms with Crippen molar-refractivity contribution in [2.45, 2.75) is 39.2 Å². The molecule has 4 aromatic carbocycles. The van der Waals surface area contributed by atoms with Crippen molar-refractivity contribution in [3.8, 4) is 11.5 Å². The van der Waals surface area contributed by atoms with Gasteiger partial charge < -0.3 is 10.1 Å². The van der Waals surface area contributed by atoms with Crippen LogP contribution in [0, 0.1) is 0 Å². The molecular weight excluding hydrogens is 536 g/mol. The third-order valence-corrected chi connectivity index (χ3v) is 7.81. The molecule has 7 nitrogen and oxygen atoms in total. The number of nitrogens with zero attached hydrogens (tertiary/aromatic N) is 1. The quantitative estimate of drug-likeness (QED) is 0.223. The third kappa shape index (κ3) is 7.41. The van der Waals surface area contributed by atoms with Crippen molar-refractivity contribution in [3.05, 3.63) is 120 Å². The minimum Gasteiger partial charge on any atom is -0.457 e. The molecule has 0 heterocycles. The Kier molecular flexibility index (Phi) is 8.63. The number of benzene rings is 4. The third-order valence-electron chi connectivity index (χ3n) is 6.56. The Labute approximate surface area is 241 Å². The Hall–Kier alpha value is -4.43. The fourth-order valence-electron chi connectivity index (χ4n) is 4.37. The van der Waals surface area contributed by atoms with Crippen LogP contribution in [0.15, 0.2) is 103 Å². The highest BCUT2D eigenvalue weighted by molar-refractivity contribution is 7.92. The normalized spacial score (nSPS) is 12.3. The van der Waals surface area contributed by atoms with E-state index in [0.29, 0.717) is 34.0 Å². The molecule has 0 aromatic heterocycles. The van der Waals surface area contributed by atoms with Gasteiger partial charge in [0.1, 0.15) is 17.5 Å². The van der Waals surface area contributed by atoms with Gasteiger partial charge in [-0.1, -0.05) is 75.4 Å². The smallest absolute Gasteiger partial charge is 0.247 e. The monoisotopic (exact) mass is 570 g/mol. The predicted molar refractivity (Wildman–Crippen MR) is 163 cm³/mol. The molecule has 0 bridgehead atoms. The van der Waals surface area contributed by atoms with E-state index in [1.807, 2.05) is 42.5 Å². The predicted octanol–water partition coefficient (Wildman–Crippen LogP) is 6.80. The second-order valence-corrected chi connectivity index (χ2v) is 12.7. The van der Waals surface area contributed by atoms with Gasteiger partial charge >= 0.3 is 0 Å². The van der Waals surface area contributed by atoms with Gasteiger partial charge in [-0.05, 0) is 66.4 Å². The number of amides is 1. The molecule has 0 aliphatic rings. The highest BCUT2D eigenvalue weighted by atomic mass is 32.2. The first-order valence-electron chi connectivity index (χ1n) is 13.2. The molecule has 212 valence electrons. The van der Waals surface area contributed by atoms with Crippen LogP contribution in [0.25, 0.3) is 0 Å². The van der Waals surface area contributed by atoms with Crippen molar-refractivity contribution in [1.29, 1.82) is 0 Å². The fraction of sp³-hybridized carbons (Fsp3) is 0.212. The maximum Gasteiger partial charge on any atom is 0.247 e. The van der Waals surface area contributed by atoms with Gasteiger partial charge in [0.2, 0.25) is 15.9 Å². The molecule has 0 radical (unpaired) electrons. The van der Waals surface area contributed by atoms with Gasteiger partial charge in [0.05, 0.1) is 11.9 Å². The van der Waals surface area contributed by atoms with Gasteiger partial charge in [-0.15, -0.1) is 0 Å². The van der Waals surface area contributed by atoms with Gasteiger partial charge in [0.25, 0.3) is 0 Å². The number of sulfonamides is 1. The summed E-state index contributed by atoms with van der Waals surface area (Å²) >= 11 is 0. The molecule has 0 aliphatic carbocycles. The first-order chi connectivity index (χ1) is 19.3. The second kappa shape index (κ2) is 12.0. The maximum absolute atomic E-state index is 13.2. The number of ketones is 1. The lowest BCUT2D eigenvalue weighted by Crippen LogP contribution is -2.45. The first kappa shape index (κ1) is 29.6. The van der Waals surface area contributed by atoms with Crippen molar-refractivity contribution < 1.29 is 22.7 Å². The number of carbonyl (C=O) groups excluding carboxylic acids is 2. The molecule has 0 fully saturated rings. The summed E-state index contributed by atoms with van der Waals surface area (Å²) in [5.74, 6) is 0.458. The van der Waals surface area contributed by atoms with Crippen LogP contribution in [0.5, 0.6) is 11.5 Å². The van der Waals surface area contributed by atoms with Gasteiger partial charge in [0.15, 0.2) is 5.78 Å². The van der Waals surface area contributed by atoms with E-state index in [0.717, 1.165) is 16.1 Å². The number of para-hydroxylation sites is 1. The van der Waals surface area contributed by atoms with Crippen molar-refractivity contribution in [3.63, 3.8) is 0 Å². The summed E-state index contributed by atoms with van der Waals surface area (Å²) in [6, 6.07) is 28.7. The molecular formula is C33H34N2O5S. The molecule has 0 spiro atoms. The van der Waals surface area contributed by atoms with Crippen molar-refractivity contribution in [2.24, 2.45) is 0 Å². The Balaban J connectivity index is 1.50. The van der Waals surface area contributed by atoms with E-state index < -0.39 is 22.0 Å². The topological polar surface area (TPSA) is 92.8 Å². The molecule has 8 heteroatoms. The lowest BCUT2D eigenvalue weighted by molar-refractivity contribution is -0.116. The van der Waals surface area contributed by atoms with E-state index >= 15 is 0 Å². The fourth-order valence-corrected chi connectivity index (χ4v) is 5.54. The average molecular weight is 571 g/mol. The first-order valence-corrected chi connectivity index (χ1v) is 15.1. The molecule has 0 saturated carbocycles. The summed E-state index contributed by atoms with van der Waals surface area (Å²) in [5.41, 5.74) is 2.75. The summed E-state index contributed by atoms with van der Waals surface area (Å²) in [5, 5.41) is 2.76. The number of ether oxygens (including phenoxy) is 1. The SMILES string of the molecule is C[C@@H](C(=O)Nc1cccc(C(=O)c2ccc(C(C)(C)C)cc2)c1)N(c1ccc(Oc2ccccc2)cc1)S(C)(=O)=O. The number of rotatable bonds is 9. The number of hydrogen-bond acceptors (Lipinski definition) is 5. The van der Waals surface area contributed by atoms with E-state index in [2.05, 4.69) is 26.1 Å². The number of nitrogens with one attached hydrogen (secondary N) is 1. The molecule has 0 aliphatic heterocycles. The Morgan fingerprint density at radius 2 is 1.39 bits per heavy atom. The van der Waals surface area contributed by atoms with Crippen molar-refractivity contribution in [1.82, 2.24) is 0 Å². The minimum absolute atomic E-state index is 0.0275. The molecule has 1 amide bonds. The van der Waals surface area contributed by atoms with Crippen LogP contribution >= 0.6 is 0 Å². The van der Waals surface area contributed by atoms with E-state index in [-0.39, 0.29) is 11.2 Å². The van der Waals surface area contributed by atoms with Crippen molar-refractivity contribution >= 4 is 33.1 Å². The van der Waals surface area contributed by atoms with Crippen LogP contribution in [0.3, 0.4) is 0 Å². The summed E-state index contributed by atoms with van der Waals surface area (Å²) in [4.78, 5) is 26.4. The Morgan fingerprint density at radius 1 is 0.780 bits per heavy atom. The lowest BCUT2D eigenvalue weighted by atomic mass is 9.86. The van der Waals surface area contributed by atoms with E-state index in [9.17, 15) is 18.0 Å². The van der Waals surface area contributed by atoms with Crippen LogP contribution in [-0.2, 0) is 20.2 Å². The zero-order valence-electron chi connectivity index (χ0n) is 23.8. The van der Waals surface area contributed by atoms with E-state index in [1.165, 1.54) is 6.92 Å². The summed E-state index contributed by atoms with van der Waals surface area (Å²) in [6.07, 6.45) is 1.05. The summed E-state index contributed by atoms with van der Waals surface area (Å²) in [7, 11) is -3.82. The maximum atomic E-state index is 13.2. The van der Waals surface area contributed by atoms with Gasteiger partial charge in [-0.2, -0.15) is 0 Å². The molecule has 41 heavy (non-hydrogen) atoms. The molecule has 1 N–H and O–H groups in total. The Morgan fingerprint density at radius 3 is 1.98 bits per heavy atom.